The van der Waals surface area contributed by atoms with E-state index in [1.165, 1.54) is 6.07 Å². The minimum Gasteiger partial charge on any atom is -0.366 e. The number of hydrogen-bond donors (Lipinski definition) is 2. The van der Waals surface area contributed by atoms with Gasteiger partial charge in [0.1, 0.15) is 5.82 Å². The molecule has 1 aliphatic rings. The molecule has 0 radical (unpaired) electrons. The molecule has 0 atom stereocenters. The Morgan fingerprint density at radius 2 is 1.80 bits per heavy atom. The molecule has 1 aromatic carbocycles. The summed E-state index contributed by atoms with van der Waals surface area (Å²) in [6.07, 6.45) is -0.829. The average Bonchev–Trinajstić information content (AvgIpc) is 2.73. The molecule has 164 valence electrons. The fourth-order valence-corrected chi connectivity index (χ4v) is 4.18. The number of halogens is 3. The van der Waals surface area contributed by atoms with E-state index in [0.717, 1.165) is 37.8 Å². The highest BCUT2D eigenvalue weighted by molar-refractivity contribution is 7.89. The van der Waals surface area contributed by atoms with Gasteiger partial charge in [-0.3, -0.25) is 0 Å². The van der Waals surface area contributed by atoms with Crippen molar-refractivity contribution in [1.29, 1.82) is 0 Å². The normalized spacial score (nSPS) is 20.1. The van der Waals surface area contributed by atoms with Crippen molar-refractivity contribution in [2.24, 2.45) is 5.92 Å². The Labute approximate surface area is 174 Å². The van der Waals surface area contributed by atoms with Gasteiger partial charge in [-0.15, -0.1) is 10.2 Å². The maximum atomic E-state index is 12.9. The van der Waals surface area contributed by atoms with E-state index >= 15 is 0 Å². The molecule has 0 saturated heterocycles. The van der Waals surface area contributed by atoms with Crippen molar-refractivity contribution in [3.63, 3.8) is 0 Å². The minimum absolute atomic E-state index is 0.0824. The lowest BCUT2D eigenvalue weighted by Gasteiger charge is -2.29. The number of anilines is 1. The topological polar surface area (TPSA) is 84.0 Å². The Balaban J connectivity index is 1.53. The van der Waals surface area contributed by atoms with Gasteiger partial charge >= 0.3 is 6.18 Å². The summed E-state index contributed by atoms with van der Waals surface area (Å²) in [6, 6.07) is 8.57. The van der Waals surface area contributed by atoms with Gasteiger partial charge < -0.3 is 5.32 Å². The molecule has 0 spiro atoms. The minimum atomic E-state index is -4.40. The van der Waals surface area contributed by atoms with Crippen LogP contribution < -0.4 is 10.0 Å². The van der Waals surface area contributed by atoms with E-state index in [-0.39, 0.29) is 11.8 Å². The maximum Gasteiger partial charge on any atom is 0.416 e. The van der Waals surface area contributed by atoms with E-state index in [1.54, 1.807) is 25.1 Å². The van der Waals surface area contributed by atoms with Crippen LogP contribution in [0, 0.1) is 5.92 Å². The van der Waals surface area contributed by atoms with E-state index in [1.807, 2.05) is 0 Å². The number of nitrogens with one attached hydrogen (secondary N) is 2. The molecule has 2 aromatic rings. The monoisotopic (exact) mass is 442 g/mol. The van der Waals surface area contributed by atoms with Crippen molar-refractivity contribution < 1.29 is 21.6 Å². The summed E-state index contributed by atoms with van der Waals surface area (Å²) in [5.74, 6) is 0.971. The number of aromatic nitrogens is 2. The summed E-state index contributed by atoms with van der Waals surface area (Å²) >= 11 is 0. The third-order valence-electron chi connectivity index (χ3n) is 5.32. The van der Waals surface area contributed by atoms with Crippen molar-refractivity contribution in [1.82, 2.24) is 14.9 Å². The van der Waals surface area contributed by atoms with Gasteiger partial charge in [0.2, 0.25) is 10.0 Å². The van der Waals surface area contributed by atoms with Crippen molar-refractivity contribution >= 4 is 15.8 Å². The first kappa shape index (κ1) is 22.5. The molecule has 6 nitrogen and oxygen atoms in total. The number of rotatable bonds is 7. The lowest BCUT2D eigenvalue weighted by Crippen LogP contribution is -2.34. The van der Waals surface area contributed by atoms with Crippen LogP contribution >= 0.6 is 0 Å². The molecule has 1 aromatic heterocycles. The summed E-state index contributed by atoms with van der Waals surface area (Å²) < 4.78 is 64.4. The van der Waals surface area contributed by atoms with E-state index in [4.69, 9.17) is 0 Å². The standard InChI is InChI=1S/C20H25F3N4O2S/c1-2-30(28,29)24-13-14-6-8-17(9-7-14)25-19-11-10-18(26-27-19)15-4-3-5-16(12-15)20(21,22)23/h3-5,10-12,14,17,24H,2,6-9,13H2,1H3,(H,25,27). The third kappa shape index (κ3) is 6.15. The number of sulfonamides is 1. The molecule has 0 amide bonds. The van der Waals surface area contributed by atoms with Crippen molar-refractivity contribution in [2.75, 3.05) is 17.6 Å². The van der Waals surface area contributed by atoms with Crippen molar-refractivity contribution in [3.05, 3.63) is 42.0 Å². The Morgan fingerprint density at radius 1 is 1.07 bits per heavy atom. The van der Waals surface area contributed by atoms with Crippen LogP contribution in [0.1, 0.15) is 38.2 Å². The predicted molar refractivity (Wildman–Crippen MR) is 109 cm³/mol. The molecular weight excluding hydrogens is 417 g/mol. The van der Waals surface area contributed by atoms with Gasteiger partial charge in [-0.25, -0.2) is 13.1 Å². The molecule has 1 fully saturated rings. The van der Waals surface area contributed by atoms with E-state index in [9.17, 15) is 21.6 Å². The fourth-order valence-electron chi connectivity index (χ4n) is 3.48. The predicted octanol–water partition coefficient (Wildman–Crippen LogP) is 4.07. The summed E-state index contributed by atoms with van der Waals surface area (Å²) in [5.41, 5.74) is 0.0134. The number of hydrogen-bond acceptors (Lipinski definition) is 5. The summed E-state index contributed by atoms with van der Waals surface area (Å²) in [5, 5.41) is 11.5. The molecule has 0 unspecified atom stereocenters. The van der Waals surface area contributed by atoms with Crippen molar-refractivity contribution in [2.45, 2.75) is 44.8 Å². The molecule has 1 saturated carbocycles. The lowest BCUT2D eigenvalue weighted by molar-refractivity contribution is -0.137. The lowest BCUT2D eigenvalue weighted by atomic mass is 9.86. The van der Waals surface area contributed by atoms with Crippen molar-refractivity contribution in [3.8, 4) is 11.3 Å². The summed E-state index contributed by atoms with van der Waals surface area (Å²) in [7, 11) is -3.17. The van der Waals surface area contributed by atoms with Crippen LogP contribution in [0.15, 0.2) is 36.4 Å². The van der Waals surface area contributed by atoms with E-state index in [0.29, 0.717) is 29.5 Å². The van der Waals surface area contributed by atoms with Crippen LogP contribution in [-0.4, -0.2) is 37.0 Å². The highest BCUT2D eigenvalue weighted by Gasteiger charge is 2.30. The van der Waals surface area contributed by atoms with Crippen LogP contribution in [0.2, 0.25) is 0 Å². The van der Waals surface area contributed by atoms with Gasteiger partial charge in [0.25, 0.3) is 0 Å². The Kier molecular flexibility index (Phi) is 6.97. The summed E-state index contributed by atoms with van der Waals surface area (Å²) in [6.45, 7) is 2.08. The second-order valence-corrected chi connectivity index (χ2v) is 9.59. The molecule has 0 aliphatic heterocycles. The van der Waals surface area contributed by atoms with Crippen LogP contribution in [0.25, 0.3) is 11.3 Å². The van der Waals surface area contributed by atoms with Crippen LogP contribution in [-0.2, 0) is 16.2 Å². The number of alkyl halides is 3. The van der Waals surface area contributed by atoms with Crippen LogP contribution in [0.5, 0.6) is 0 Å². The zero-order valence-electron chi connectivity index (χ0n) is 16.6. The molecule has 1 aliphatic carbocycles. The first-order chi connectivity index (χ1) is 14.2. The molecule has 0 bridgehead atoms. The molecule has 10 heteroatoms. The first-order valence-electron chi connectivity index (χ1n) is 9.91. The highest BCUT2D eigenvalue weighted by Crippen LogP contribution is 2.32. The third-order valence-corrected chi connectivity index (χ3v) is 6.69. The van der Waals surface area contributed by atoms with Gasteiger partial charge in [-0.2, -0.15) is 13.2 Å². The molecule has 3 rings (SSSR count). The van der Waals surface area contributed by atoms with Gasteiger partial charge in [0.05, 0.1) is 17.0 Å². The smallest absolute Gasteiger partial charge is 0.366 e. The maximum absolute atomic E-state index is 12.9. The van der Waals surface area contributed by atoms with Crippen LogP contribution in [0.3, 0.4) is 0 Å². The molecule has 30 heavy (non-hydrogen) atoms. The van der Waals surface area contributed by atoms with Gasteiger partial charge in [-0.1, -0.05) is 12.1 Å². The zero-order valence-corrected chi connectivity index (χ0v) is 17.4. The van der Waals surface area contributed by atoms with E-state index < -0.39 is 21.8 Å². The molecular formula is C20H25F3N4O2S. The Morgan fingerprint density at radius 3 is 2.40 bits per heavy atom. The fraction of sp³-hybridized carbons (Fsp3) is 0.500. The Bertz CT molecular complexity index is 941. The zero-order chi connectivity index (χ0) is 21.8. The van der Waals surface area contributed by atoms with Gasteiger partial charge in [0.15, 0.2) is 0 Å². The van der Waals surface area contributed by atoms with Gasteiger partial charge in [0, 0.05) is 18.2 Å². The summed E-state index contributed by atoms with van der Waals surface area (Å²) in [4.78, 5) is 0. The van der Waals surface area contributed by atoms with E-state index in [2.05, 4.69) is 20.2 Å². The highest BCUT2D eigenvalue weighted by atomic mass is 32.2. The Hall–Kier alpha value is -2.20. The van der Waals surface area contributed by atoms with Crippen LogP contribution in [0.4, 0.5) is 19.0 Å². The quantitative estimate of drug-likeness (QED) is 0.675. The number of benzene rings is 1. The second kappa shape index (κ2) is 9.30. The molecule has 2 N–H and O–H groups in total. The largest absolute Gasteiger partial charge is 0.416 e. The average molecular weight is 443 g/mol. The van der Waals surface area contributed by atoms with Gasteiger partial charge in [-0.05, 0) is 62.8 Å². The SMILES string of the molecule is CCS(=O)(=O)NCC1CCC(Nc2ccc(-c3cccc(C(F)(F)F)c3)nn2)CC1. The second-order valence-electron chi connectivity index (χ2n) is 7.50. The molecule has 1 heterocycles. The first-order valence-corrected chi connectivity index (χ1v) is 11.6. The number of nitrogens with zero attached hydrogens (tertiary/aromatic N) is 2.